The molecule has 2 aromatic carbocycles. The van der Waals surface area contributed by atoms with Crippen molar-refractivity contribution in [3.8, 4) is 0 Å². The molecule has 0 amide bonds. The van der Waals surface area contributed by atoms with E-state index in [9.17, 15) is 9.59 Å². The first-order valence-corrected chi connectivity index (χ1v) is 6.43. The predicted octanol–water partition coefficient (Wildman–Crippen LogP) is 3.66. The van der Waals surface area contributed by atoms with E-state index in [1.807, 2.05) is 0 Å². The molecule has 0 aliphatic carbocycles. The van der Waals surface area contributed by atoms with E-state index in [1.54, 1.807) is 30.3 Å². The fourth-order valence-electron chi connectivity index (χ4n) is 1.92. The number of ketones is 1. The first-order valence-electron chi connectivity index (χ1n) is 5.68. The number of nitrogens with one attached hydrogen (secondary N) is 1. The summed E-state index contributed by atoms with van der Waals surface area (Å²) in [4.78, 5) is 26.0. The van der Waals surface area contributed by atoms with Gasteiger partial charge in [-0.2, -0.15) is 0 Å². The lowest BCUT2D eigenvalue weighted by molar-refractivity contribution is 0.103. The van der Waals surface area contributed by atoms with Crippen LogP contribution in [0.2, 0.25) is 10.0 Å². The SMILES string of the molecule is O=C(c1ccc2[nH]c(=O)oc2c1)c1cccc(Cl)c1Cl. The van der Waals surface area contributed by atoms with Gasteiger partial charge in [-0.05, 0) is 30.3 Å². The van der Waals surface area contributed by atoms with Crippen LogP contribution in [0, 0.1) is 0 Å². The Bertz CT molecular complexity index is 880. The number of rotatable bonds is 2. The van der Waals surface area contributed by atoms with Crippen LogP contribution in [0.4, 0.5) is 0 Å². The number of fused-ring (bicyclic) bond motifs is 1. The number of aromatic amines is 1. The summed E-state index contributed by atoms with van der Waals surface area (Å²) in [6.07, 6.45) is 0. The summed E-state index contributed by atoms with van der Waals surface area (Å²) in [5.41, 5.74) is 1.52. The molecule has 0 fully saturated rings. The number of hydrogen-bond acceptors (Lipinski definition) is 3. The summed E-state index contributed by atoms with van der Waals surface area (Å²) in [5, 5.41) is 0.515. The Labute approximate surface area is 122 Å². The normalized spacial score (nSPS) is 10.9. The molecule has 6 heteroatoms. The largest absolute Gasteiger partial charge is 0.417 e. The summed E-state index contributed by atoms with van der Waals surface area (Å²) < 4.78 is 4.93. The van der Waals surface area contributed by atoms with Gasteiger partial charge < -0.3 is 4.42 Å². The molecule has 0 saturated carbocycles. The topological polar surface area (TPSA) is 63.1 Å². The van der Waals surface area contributed by atoms with Crippen molar-refractivity contribution in [2.45, 2.75) is 0 Å². The van der Waals surface area contributed by atoms with Crippen LogP contribution in [0.15, 0.2) is 45.6 Å². The molecule has 20 heavy (non-hydrogen) atoms. The highest BCUT2D eigenvalue weighted by Crippen LogP contribution is 2.27. The summed E-state index contributed by atoms with van der Waals surface area (Å²) in [6, 6.07) is 9.53. The maximum absolute atomic E-state index is 12.4. The number of carbonyl (C=O) groups is 1. The van der Waals surface area contributed by atoms with Gasteiger partial charge in [0.1, 0.15) is 0 Å². The monoisotopic (exact) mass is 307 g/mol. The molecule has 3 rings (SSSR count). The smallest absolute Gasteiger partial charge is 0.408 e. The summed E-state index contributed by atoms with van der Waals surface area (Å²) in [7, 11) is 0. The van der Waals surface area contributed by atoms with E-state index in [4.69, 9.17) is 27.6 Å². The number of carbonyl (C=O) groups excluding carboxylic acids is 1. The van der Waals surface area contributed by atoms with Gasteiger partial charge in [0.15, 0.2) is 11.4 Å². The fourth-order valence-corrected chi connectivity index (χ4v) is 2.31. The van der Waals surface area contributed by atoms with E-state index in [0.717, 1.165) is 0 Å². The highest BCUT2D eigenvalue weighted by molar-refractivity contribution is 6.44. The van der Waals surface area contributed by atoms with Gasteiger partial charge >= 0.3 is 5.76 Å². The van der Waals surface area contributed by atoms with Crippen LogP contribution in [0.25, 0.3) is 11.1 Å². The molecule has 4 nitrogen and oxygen atoms in total. The molecule has 0 aliphatic heterocycles. The van der Waals surface area contributed by atoms with E-state index in [0.29, 0.717) is 27.2 Å². The lowest BCUT2D eigenvalue weighted by Gasteiger charge is -2.04. The molecule has 1 aromatic heterocycles. The maximum atomic E-state index is 12.4. The number of aromatic nitrogens is 1. The van der Waals surface area contributed by atoms with E-state index < -0.39 is 5.76 Å². The molecule has 0 unspecified atom stereocenters. The number of halogens is 2. The molecule has 0 saturated heterocycles. The van der Waals surface area contributed by atoms with Crippen LogP contribution in [0.5, 0.6) is 0 Å². The van der Waals surface area contributed by atoms with Crippen molar-refractivity contribution in [3.05, 3.63) is 68.1 Å². The van der Waals surface area contributed by atoms with Crippen LogP contribution in [0.3, 0.4) is 0 Å². The molecule has 0 bridgehead atoms. The first-order chi connectivity index (χ1) is 9.56. The third kappa shape index (κ3) is 2.13. The Morgan fingerprint density at radius 3 is 2.75 bits per heavy atom. The van der Waals surface area contributed by atoms with Crippen molar-refractivity contribution < 1.29 is 9.21 Å². The van der Waals surface area contributed by atoms with Gasteiger partial charge in [-0.25, -0.2) is 4.79 Å². The zero-order valence-electron chi connectivity index (χ0n) is 9.94. The standard InChI is InChI=1S/C14H7Cl2NO3/c15-9-3-1-2-8(12(9)16)13(18)7-4-5-10-11(6-7)20-14(19)17-10/h1-6H,(H,17,19). The number of H-pyrrole nitrogens is 1. The summed E-state index contributed by atoms with van der Waals surface area (Å²) in [6.45, 7) is 0. The minimum absolute atomic E-state index is 0.204. The van der Waals surface area contributed by atoms with Crippen LogP contribution in [0.1, 0.15) is 15.9 Å². The Morgan fingerprint density at radius 1 is 1.15 bits per heavy atom. The maximum Gasteiger partial charge on any atom is 0.417 e. The first kappa shape index (κ1) is 13.0. The number of oxazole rings is 1. The second-order valence-electron chi connectivity index (χ2n) is 4.16. The molecule has 100 valence electrons. The van der Waals surface area contributed by atoms with E-state index in [-0.39, 0.29) is 10.8 Å². The van der Waals surface area contributed by atoms with Crippen molar-refractivity contribution in [1.82, 2.24) is 4.98 Å². The quantitative estimate of drug-likeness (QED) is 0.735. The van der Waals surface area contributed by atoms with Crippen molar-refractivity contribution in [2.75, 3.05) is 0 Å². The van der Waals surface area contributed by atoms with Gasteiger partial charge in [-0.15, -0.1) is 0 Å². The molecule has 0 atom stereocenters. The van der Waals surface area contributed by atoms with Crippen molar-refractivity contribution >= 4 is 40.1 Å². The lowest BCUT2D eigenvalue weighted by atomic mass is 10.0. The van der Waals surface area contributed by atoms with Gasteiger partial charge in [0.2, 0.25) is 0 Å². The van der Waals surface area contributed by atoms with Crippen LogP contribution < -0.4 is 5.76 Å². The van der Waals surface area contributed by atoms with E-state index in [2.05, 4.69) is 4.98 Å². The summed E-state index contributed by atoms with van der Waals surface area (Å²) in [5.74, 6) is -0.853. The Hall–Kier alpha value is -2.04. The molecular weight excluding hydrogens is 301 g/mol. The average molecular weight is 308 g/mol. The lowest BCUT2D eigenvalue weighted by Crippen LogP contribution is -2.02. The van der Waals surface area contributed by atoms with Crippen LogP contribution in [-0.4, -0.2) is 10.8 Å². The fraction of sp³-hybridized carbons (Fsp3) is 0. The van der Waals surface area contributed by atoms with Crippen molar-refractivity contribution in [1.29, 1.82) is 0 Å². The molecule has 1 N–H and O–H groups in total. The van der Waals surface area contributed by atoms with Gasteiger partial charge in [-0.3, -0.25) is 9.78 Å². The minimum atomic E-state index is -0.564. The summed E-state index contributed by atoms with van der Waals surface area (Å²) >= 11 is 11.9. The van der Waals surface area contributed by atoms with Gasteiger partial charge in [0.05, 0.1) is 15.6 Å². The Balaban J connectivity index is 2.12. The Kier molecular flexibility index (Phi) is 3.12. The zero-order valence-corrected chi connectivity index (χ0v) is 11.5. The molecule has 1 heterocycles. The second-order valence-corrected chi connectivity index (χ2v) is 4.94. The molecular formula is C14H7Cl2NO3. The third-order valence-electron chi connectivity index (χ3n) is 2.88. The van der Waals surface area contributed by atoms with Crippen molar-refractivity contribution in [2.24, 2.45) is 0 Å². The molecule has 3 aromatic rings. The van der Waals surface area contributed by atoms with E-state index in [1.165, 1.54) is 6.07 Å². The second kappa shape index (κ2) is 4.81. The highest BCUT2D eigenvalue weighted by atomic mass is 35.5. The Morgan fingerprint density at radius 2 is 1.95 bits per heavy atom. The number of benzene rings is 2. The number of hydrogen-bond donors (Lipinski definition) is 1. The van der Waals surface area contributed by atoms with Crippen LogP contribution >= 0.6 is 23.2 Å². The molecule has 0 radical (unpaired) electrons. The molecule has 0 spiro atoms. The van der Waals surface area contributed by atoms with Gasteiger partial charge in [0, 0.05) is 11.1 Å². The molecule has 0 aliphatic rings. The third-order valence-corrected chi connectivity index (χ3v) is 3.70. The minimum Gasteiger partial charge on any atom is -0.408 e. The van der Waals surface area contributed by atoms with Gasteiger partial charge in [0.25, 0.3) is 0 Å². The van der Waals surface area contributed by atoms with Crippen LogP contribution in [-0.2, 0) is 0 Å². The highest BCUT2D eigenvalue weighted by Gasteiger charge is 2.16. The van der Waals surface area contributed by atoms with Gasteiger partial charge in [-0.1, -0.05) is 29.3 Å². The average Bonchev–Trinajstić information content (AvgIpc) is 2.80. The zero-order chi connectivity index (χ0) is 14.3. The van der Waals surface area contributed by atoms with E-state index >= 15 is 0 Å². The predicted molar refractivity (Wildman–Crippen MR) is 76.7 cm³/mol. The van der Waals surface area contributed by atoms with Crippen molar-refractivity contribution in [3.63, 3.8) is 0 Å².